The molecule has 0 bridgehead atoms. The van der Waals surface area contributed by atoms with Crippen molar-refractivity contribution in [1.29, 1.82) is 0 Å². The molecule has 26 valence electrons. The molecule has 0 aliphatic heterocycles. The van der Waals surface area contributed by atoms with Gasteiger partial charge < -0.3 is 0 Å². The van der Waals surface area contributed by atoms with Gasteiger partial charge in [0.1, 0.15) is 0 Å². The molecule has 0 nitrogen and oxygen atoms in total. The standard InChI is InChI=1S/2C2H3.Sn/c2*1-2;/h2*1H,2H2;. The molecule has 0 aliphatic carbocycles. The van der Waals surface area contributed by atoms with E-state index in [-0.39, 0.29) is 21.1 Å². The molecule has 1 heteroatoms. The second-order valence-corrected chi connectivity index (χ2v) is 3.86. The molecule has 0 saturated heterocycles. The predicted octanol–water partition coefficient (Wildman–Crippen LogP) is 0.978. The Morgan fingerprint density at radius 2 is 1.60 bits per heavy atom. The van der Waals surface area contributed by atoms with E-state index in [0.29, 0.717) is 0 Å². The third-order valence-corrected chi connectivity index (χ3v) is 1.58. The van der Waals surface area contributed by atoms with Crippen molar-refractivity contribution in [1.82, 2.24) is 0 Å². The Balaban J connectivity index is 2.65. The fourth-order valence-corrected chi connectivity index (χ4v) is 0.559. The van der Waals surface area contributed by atoms with Gasteiger partial charge in [-0.05, 0) is 0 Å². The molecule has 2 radical (unpaired) electrons. The van der Waals surface area contributed by atoms with Crippen LogP contribution in [-0.2, 0) is 0 Å². The number of hydrogen-bond acceptors (Lipinski definition) is 0. The summed E-state index contributed by atoms with van der Waals surface area (Å²) in [5.74, 6) is 0. The number of rotatable bonds is 2. The SMILES string of the molecule is C=[CH][Sn][CH]=C. The zero-order chi connectivity index (χ0) is 4.12. The van der Waals surface area contributed by atoms with Gasteiger partial charge in [0.05, 0.1) is 0 Å². The van der Waals surface area contributed by atoms with Crippen LogP contribution in [0.25, 0.3) is 0 Å². The van der Waals surface area contributed by atoms with Crippen molar-refractivity contribution < 1.29 is 0 Å². The van der Waals surface area contributed by atoms with E-state index in [1.807, 2.05) is 8.18 Å². The average Bonchev–Trinajstić information content (AvgIpc) is 1.41. The molecule has 0 spiro atoms. The van der Waals surface area contributed by atoms with E-state index in [0.717, 1.165) is 0 Å². The van der Waals surface area contributed by atoms with Gasteiger partial charge in [0.2, 0.25) is 0 Å². The van der Waals surface area contributed by atoms with Crippen molar-refractivity contribution in [2.45, 2.75) is 0 Å². The molecular formula is C4H6Sn. The Morgan fingerprint density at radius 1 is 1.20 bits per heavy atom. The molecule has 0 fully saturated rings. The molecule has 0 aromatic heterocycles. The molecule has 0 aliphatic rings. The summed E-state index contributed by atoms with van der Waals surface area (Å²) in [6.07, 6.45) is 0. The van der Waals surface area contributed by atoms with Crippen molar-refractivity contribution >= 4 is 21.1 Å². The van der Waals surface area contributed by atoms with Crippen LogP contribution in [0.2, 0.25) is 0 Å². The van der Waals surface area contributed by atoms with Gasteiger partial charge in [-0.1, -0.05) is 0 Å². The monoisotopic (exact) mass is 174 g/mol. The van der Waals surface area contributed by atoms with Crippen molar-refractivity contribution in [3.8, 4) is 0 Å². The summed E-state index contributed by atoms with van der Waals surface area (Å²) in [6, 6.07) is 0. The molecule has 0 unspecified atom stereocenters. The Labute approximate surface area is 42.8 Å². The van der Waals surface area contributed by atoms with Crippen LogP contribution >= 0.6 is 0 Å². The van der Waals surface area contributed by atoms with E-state index in [4.69, 9.17) is 0 Å². The maximum atomic E-state index is 3.55. The Hall–Kier alpha value is 0.279. The van der Waals surface area contributed by atoms with E-state index in [1.54, 1.807) is 0 Å². The predicted molar refractivity (Wildman–Crippen MR) is 26.1 cm³/mol. The quantitative estimate of drug-likeness (QED) is 0.545. The number of hydrogen-bond donors (Lipinski definition) is 0. The maximum absolute atomic E-state index is 3.55. The first-order valence-electron chi connectivity index (χ1n) is 1.39. The summed E-state index contributed by atoms with van der Waals surface area (Å²) >= 11 is -0.254. The Morgan fingerprint density at radius 3 is 1.60 bits per heavy atom. The summed E-state index contributed by atoms with van der Waals surface area (Å²) in [5.41, 5.74) is 0. The topological polar surface area (TPSA) is 0 Å². The van der Waals surface area contributed by atoms with E-state index in [2.05, 4.69) is 13.2 Å². The Kier molecular flexibility index (Phi) is 4.52. The third-order valence-electron chi connectivity index (χ3n) is 0.236. The minimum absolute atomic E-state index is 0.254. The van der Waals surface area contributed by atoms with E-state index in [9.17, 15) is 0 Å². The first-order valence-corrected chi connectivity index (χ1v) is 4.69. The molecule has 0 heterocycles. The first-order chi connectivity index (χ1) is 2.41. The van der Waals surface area contributed by atoms with Crippen LogP contribution in [0.1, 0.15) is 0 Å². The van der Waals surface area contributed by atoms with Gasteiger partial charge in [-0.25, -0.2) is 0 Å². The van der Waals surface area contributed by atoms with Crippen LogP contribution in [0.3, 0.4) is 0 Å². The summed E-state index contributed by atoms with van der Waals surface area (Å²) < 4.78 is 3.96. The molecular weight excluding hydrogens is 167 g/mol. The van der Waals surface area contributed by atoms with Gasteiger partial charge in [-0.2, -0.15) is 0 Å². The zero-order valence-electron chi connectivity index (χ0n) is 3.07. The Bertz CT molecular complexity index is 32.9. The second-order valence-electron chi connectivity index (χ2n) is 0.575. The minimum atomic E-state index is -0.254. The zero-order valence-corrected chi connectivity index (χ0v) is 5.92. The van der Waals surface area contributed by atoms with Gasteiger partial charge >= 0.3 is 42.5 Å². The normalized spacial score (nSPS) is 6.40. The van der Waals surface area contributed by atoms with Crippen LogP contribution in [0.15, 0.2) is 21.3 Å². The van der Waals surface area contributed by atoms with Crippen molar-refractivity contribution in [3.05, 3.63) is 21.3 Å². The van der Waals surface area contributed by atoms with Crippen LogP contribution in [0, 0.1) is 0 Å². The van der Waals surface area contributed by atoms with Gasteiger partial charge in [0.15, 0.2) is 0 Å². The molecule has 5 heavy (non-hydrogen) atoms. The van der Waals surface area contributed by atoms with Gasteiger partial charge in [0, 0.05) is 0 Å². The van der Waals surface area contributed by atoms with Crippen LogP contribution in [0.5, 0.6) is 0 Å². The van der Waals surface area contributed by atoms with E-state index < -0.39 is 0 Å². The fourth-order valence-electron chi connectivity index (χ4n) is 0.0833. The molecule has 0 saturated carbocycles. The van der Waals surface area contributed by atoms with E-state index in [1.165, 1.54) is 0 Å². The van der Waals surface area contributed by atoms with Crippen LogP contribution < -0.4 is 0 Å². The van der Waals surface area contributed by atoms with Gasteiger partial charge in [0.25, 0.3) is 0 Å². The molecule has 0 N–H and O–H groups in total. The average molecular weight is 173 g/mol. The second kappa shape index (κ2) is 4.28. The first kappa shape index (κ1) is 5.28. The summed E-state index contributed by atoms with van der Waals surface area (Å²) in [7, 11) is 0. The van der Waals surface area contributed by atoms with Gasteiger partial charge in [-0.3, -0.25) is 0 Å². The molecule has 0 amide bonds. The van der Waals surface area contributed by atoms with Crippen molar-refractivity contribution in [2.75, 3.05) is 0 Å². The van der Waals surface area contributed by atoms with Crippen LogP contribution in [0.4, 0.5) is 0 Å². The molecule has 0 atom stereocenters. The molecule has 0 aromatic rings. The van der Waals surface area contributed by atoms with Crippen LogP contribution in [-0.4, -0.2) is 21.1 Å². The summed E-state index contributed by atoms with van der Waals surface area (Å²) in [4.78, 5) is 0. The molecule has 0 rings (SSSR count). The van der Waals surface area contributed by atoms with Gasteiger partial charge in [-0.15, -0.1) is 0 Å². The van der Waals surface area contributed by atoms with Crippen molar-refractivity contribution in [2.24, 2.45) is 0 Å². The third kappa shape index (κ3) is 4.28. The fraction of sp³-hybridized carbons (Fsp3) is 0. The summed E-state index contributed by atoms with van der Waals surface area (Å²) in [5, 5.41) is 0. The summed E-state index contributed by atoms with van der Waals surface area (Å²) in [6.45, 7) is 7.11. The van der Waals surface area contributed by atoms with E-state index >= 15 is 0 Å². The van der Waals surface area contributed by atoms with Crippen molar-refractivity contribution in [3.63, 3.8) is 0 Å². The molecule has 0 aromatic carbocycles.